The summed E-state index contributed by atoms with van der Waals surface area (Å²) in [6.07, 6.45) is 1.92. The smallest absolute Gasteiger partial charge is 0.165 e. The molecular formula is C17H27Cl2FN2O2. The lowest BCUT2D eigenvalue weighted by Crippen LogP contribution is -2.47. The molecule has 0 aliphatic carbocycles. The van der Waals surface area contributed by atoms with Crippen molar-refractivity contribution < 1.29 is 14.2 Å². The first-order chi connectivity index (χ1) is 10.7. The van der Waals surface area contributed by atoms with E-state index >= 15 is 0 Å². The van der Waals surface area contributed by atoms with Crippen LogP contribution in [0.5, 0.6) is 5.75 Å². The summed E-state index contributed by atoms with van der Waals surface area (Å²) >= 11 is 0. The van der Waals surface area contributed by atoms with E-state index in [9.17, 15) is 9.50 Å². The fourth-order valence-electron chi connectivity index (χ4n) is 3.73. The average Bonchev–Trinajstić information content (AvgIpc) is 2.54. The van der Waals surface area contributed by atoms with Gasteiger partial charge in [0.15, 0.2) is 11.6 Å². The first-order valence-electron chi connectivity index (χ1n) is 8.18. The Balaban J connectivity index is 0.00000144. The molecule has 0 spiro atoms. The Hall–Kier alpha value is -0.590. The van der Waals surface area contributed by atoms with Crippen LogP contribution in [0, 0.1) is 18.7 Å². The highest BCUT2D eigenvalue weighted by atomic mass is 35.5. The van der Waals surface area contributed by atoms with Crippen molar-refractivity contribution in [2.75, 3.05) is 39.4 Å². The number of piperazine rings is 1. The summed E-state index contributed by atoms with van der Waals surface area (Å²) in [6, 6.07) is 3.42. The van der Waals surface area contributed by atoms with Gasteiger partial charge in [-0.2, -0.15) is 0 Å². The number of hydrogen-bond donors (Lipinski definition) is 2. The molecule has 1 aromatic rings. The number of phenols is 1. The topological polar surface area (TPSA) is 44.7 Å². The van der Waals surface area contributed by atoms with Crippen molar-refractivity contribution in [3.63, 3.8) is 0 Å². The quantitative estimate of drug-likeness (QED) is 0.845. The highest BCUT2D eigenvalue weighted by Crippen LogP contribution is 2.40. The number of ether oxygens (including phenoxy) is 1. The van der Waals surface area contributed by atoms with Gasteiger partial charge in [0.05, 0.1) is 0 Å². The van der Waals surface area contributed by atoms with Gasteiger partial charge in [-0.05, 0) is 37.3 Å². The molecule has 0 saturated carbocycles. The SMILES string of the molecule is Cc1cc(F)c(O)c([C@H](C2CCOCC2)N2CCNCC2)c1.Cl.Cl. The molecule has 3 rings (SSSR count). The van der Waals surface area contributed by atoms with Crippen molar-refractivity contribution in [1.29, 1.82) is 0 Å². The van der Waals surface area contributed by atoms with Crippen LogP contribution in [0.2, 0.25) is 0 Å². The summed E-state index contributed by atoms with van der Waals surface area (Å²) in [5.41, 5.74) is 1.60. The number of benzene rings is 1. The molecule has 1 atom stereocenters. The number of nitrogens with one attached hydrogen (secondary N) is 1. The van der Waals surface area contributed by atoms with Crippen molar-refractivity contribution >= 4 is 24.8 Å². The standard InChI is InChI=1S/C17H25FN2O2.2ClH/c1-12-10-14(17(21)15(18)11-12)16(13-2-8-22-9-3-13)20-6-4-19-5-7-20;;/h10-11,13,16,19,21H,2-9H2,1H3;2*1H/t16-;;/m0../s1. The number of rotatable bonds is 3. The van der Waals surface area contributed by atoms with Gasteiger partial charge in [0.1, 0.15) is 0 Å². The highest BCUT2D eigenvalue weighted by Gasteiger charge is 2.33. The monoisotopic (exact) mass is 380 g/mol. The van der Waals surface area contributed by atoms with Gasteiger partial charge in [-0.1, -0.05) is 6.07 Å². The normalized spacial score (nSPS) is 20.8. The number of hydrogen-bond acceptors (Lipinski definition) is 4. The van der Waals surface area contributed by atoms with Crippen molar-refractivity contribution in [2.24, 2.45) is 5.92 Å². The molecule has 1 aromatic carbocycles. The number of aryl methyl sites for hydroxylation is 1. The summed E-state index contributed by atoms with van der Waals surface area (Å²) < 4.78 is 19.5. The van der Waals surface area contributed by atoms with E-state index in [1.165, 1.54) is 6.07 Å². The van der Waals surface area contributed by atoms with Crippen LogP contribution in [0.15, 0.2) is 12.1 Å². The zero-order valence-electron chi connectivity index (χ0n) is 14.0. The third-order valence-electron chi connectivity index (χ3n) is 4.81. The lowest BCUT2D eigenvalue weighted by Gasteiger charge is -2.41. The molecule has 0 aromatic heterocycles. The minimum atomic E-state index is -0.512. The van der Waals surface area contributed by atoms with E-state index in [4.69, 9.17) is 4.74 Å². The van der Waals surface area contributed by atoms with Crippen LogP contribution >= 0.6 is 24.8 Å². The predicted octanol–water partition coefficient (Wildman–Crippen LogP) is 3.06. The van der Waals surface area contributed by atoms with E-state index in [1.807, 2.05) is 13.0 Å². The van der Waals surface area contributed by atoms with Crippen LogP contribution in [0.25, 0.3) is 0 Å². The molecule has 2 aliphatic rings. The van der Waals surface area contributed by atoms with Crippen molar-refractivity contribution in [3.05, 3.63) is 29.1 Å². The number of nitrogens with zero attached hydrogens (tertiary/aromatic N) is 1. The van der Waals surface area contributed by atoms with Gasteiger partial charge >= 0.3 is 0 Å². The molecule has 2 saturated heterocycles. The average molecular weight is 381 g/mol. The van der Waals surface area contributed by atoms with Crippen molar-refractivity contribution in [1.82, 2.24) is 10.2 Å². The van der Waals surface area contributed by atoms with Gasteiger partial charge in [-0.3, -0.25) is 4.90 Å². The Labute approximate surface area is 155 Å². The van der Waals surface area contributed by atoms with E-state index in [0.717, 1.165) is 63.4 Å². The van der Waals surface area contributed by atoms with Gasteiger partial charge in [0.2, 0.25) is 0 Å². The summed E-state index contributed by atoms with van der Waals surface area (Å²) in [7, 11) is 0. The van der Waals surface area contributed by atoms with Crippen LogP contribution in [0.3, 0.4) is 0 Å². The third-order valence-corrected chi connectivity index (χ3v) is 4.81. The molecule has 2 fully saturated rings. The Morgan fingerprint density at radius 3 is 2.46 bits per heavy atom. The van der Waals surface area contributed by atoms with Crippen LogP contribution < -0.4 is 5.32 Å². The van der Waals surface area contributed by atoms with E-state index in [1.54, 1.807) is 0 Å². The second kappa shape index (κ2) is 9.78. The molecule has 138 valence electrons. The Morgan fingerprint density at radius 1 is 1.21 bits per heavy atom. The minimum Gasteiger partial charge on any atom is -0.505 e. The molecule has 24 heavy (non-hydrogen) atoms. The molecule has 2 heterocycles. The fraction of sp³-hybridized carbons (Fsp3) is 0.647. The number of aromatic hydroxyl groups is 1. The largest absolute Gasteiger partial charge is 0.505 e. The summed E-state index contributed by atoms with van der Waals surface area (Å²) in [5, 5.41) is 13.7. The molecule has 0 unspecified atom stereocenters. The molecule has 4 nitrogen and oxygen atoms in total. The Bertz CT molecular complexity index is 504. The summed E-state index contributed by atoms with van der Waals surface area (Å²) in [5.74, 6) is -0.290. The van der Waals surface area contributed by atoms with Crippen molar-refractivity contribution in [2.45, 2.75) is 25.8 Å². The molecule has 7 heteroatoms. The zero-order chi connectivity index (χ0) is 15.5. The molecule has 2 N–H and O–H groups in total. The molecule has 0 amide bonds. The van der Waals surface area contributed by atoms with Crippen LogP contribution in [0.1, 0.15) is 30.0 Å². The Kier molecular flexibility index (Phi) is 8.74. The second-order valence-corrected chi connectivity index (χ2v) is 6.37. The van der Waals surface area contributed by atoms with Crippen LogP contribution in [0.4, 0.5) is 4.39 Å². The number of phenolic OH excluding ortho intramolecular Hbond substituents is 1. The fourth-order valence-corrected chi connectivity index (χ4v) is 3.73. The lowest BCUT2D eigenvalue weighted by atomic mass is 9.84. The maximum atomic E-state index is 14.0. The van der Waals surface area contributed by atoms with Crippen LogP contribution in [-0.4, -0.2) is 49.4 Å². The van der Waals surface area contributed by atoms with E-state index < -0.39 is 5.82 Å². The van der Waals surface area contributed by atoms with E-state index in [0.29, 0.717) is 5.92 Å². The van der Waals surface area contributed by atoms with Crippen molar-refractivity contribution in [3.8, 4) is 5.75 Å². The first kappa shape index (κ1) is 21.5. The molecule has 2 aliphatic heterocycles. The second-order valence-electron chi connectivity index (χ2n) is 6.37. The summed E-state index contributed by atoms with van der Waals surface area (Å²) in [6.45, 7) is 7.12. The van der Waals surface area contributed by atoms with Gasteiger partial charge < -0.3 is 15.2 Å². The third kappa shape index (κ3) is 4.73. The van der Waals surface area contributed by atoms with E-state index in [2.05, 4.69) is 10.2 Å². The molecule has 0 radical (unpaired) electrons. The lowest BCUT2D eigenvalue weighted by molar-refractivity contribution is 0.0205. The highest BCUT2D eigenvalue weighted by molar-refractivity contribution is 5.85. The van der Waals surface area contributed by atoms with Gasteiger partial charge in [-0.25, -0.2) is 4.39 Å². The minimum absolute atomic E-state index is 0. The maximum Gasteiger partial charge on any atom is 0.165 e. The Morgan fingerprint density at radius 2 is 1.83 bits per heavy atom. The van der Waals surface area contributed by atoms with E-state index in [-0.39, 0.29) is 36.6 Å². The van der Waals surface area contributed by atoms with Gasteiger partial charge in [-0.15, -0.1) is 24.8 Å². The molecule has 0 bridgehead atoms. The number of halogens is 3. The maximum absolute atomic E-state index is 14.0. The summed E-state index contributed by atoms with van der Waals surface area (Å²) in [4.78, 5) is 2.39. The van der Waals surface area contributed by atoms with Gasteiger partial charge in [0, 0.05) is 51.0 Å². The predicted molar refractivity (Wildman–Crippen MR) is 98.0 cm³/mol. The first-order valence-corrected chi connectivity index (χ1v) is 8.18. The van der Waals surface area contributed by atoms with Gasteiger partial charge in [0.25, 0.3) is 0 Å². The molecular weight excluding hydrogens is 354 g/mol. The van der Waals surface area contributed by atoms with Crippen LogP contribution in [-0.2, 0) is 4.74 Å². The zero-order valence-corrected chi connectivity index (χ0v) is 15.6.